The Hall–Kier alpha value is -1.81. The van der Waals surface area contributed by atoms with E-state index in [1.54, 1.807) is 0 Å². The van der Waals surface area contributed by atoms with Crippen molar-refractivity contribution in [3.63, 3.8) is 0 Å². The van der Waals surface area contributed by atoms with Crippen molar-refractivity contribution in [2.24, 2.45) is 0 Å². The number of fused-ring (bicyclic) bond motifs is 2. The van der Waals surface area contributed by atoms with Crippen molar-refractivity contribution < 1.29 is 4.74 Å². The van der Waals surface area contributed by atoms with Gasteiger partial charge in [0.25, 0.3) is 0 Å². The van der Waals surface area contributed by atoms with Gasteiger partial charge in [-0.05, 0) is 43.9 Å². The molecule has 4 nitrogen and oxygen atoms in total. The zero-order chi connectivity index (χ0) is 15.9. The summed E-state index contributed by atoms with van der Waals surface area (Å²) in [6.45, 7) is 7.32. The second-order valence-electron chi connectivity index (χ2n) is 7.43. The summed E-state index contributed by atoms with van der Waals surface area (Å²) < 4.78 is 8.24. The van der Waals surface area contributed by atoms with E-state index in [9.17, 15) is 0 Å². The Balaban J connectivity index is 1.36. The fourth-order valence-corrected chi connectivity index (χ4v) is 3.86. The maximum Gasteiger partial charge on any atom is 0.123 e. The molecule has 0 fully saturated rings. The normalized spacial score (nSPS) is 21.6. The van der Waals surface area contributed by atoms with Crippen molar-refractivity contribution in [2.45, 2.75) is 57.7 Å². The second kappa shape index (κ2) is 5.68. The molecule has 0 radical (unpaired) electrons. The van der Waals surface area contributed by atoms with Gasteiger partial charge in [-0.2, -0.15) is 0 Å². The van der Waals surface area contributed by atoms with Crippen molar-refractivity contribution in [2.75, 3.05) is 6.54 Å². The highest BCUT2D eigenvalue weighted by Gasteiger charge is 2.29. The third kappa shape index (κ3) is 3.00. The lowest BCUT2D eigenvalue weighted by atomic mass is 9.98. The van der Waals surface area contributed by atoms with Gasteiger partial charge in [0.15, 0.2) is 0 Å². The van der Waals surface area contributed by atoms with E-state index in [0.29, 0.717) is 5.92 Å². The molecule has 2 aliphatic rings. The number of nitrogens with zero attached hydrogens (tertiary/aromatic N) is 2. The summed E-state index contributed by atoms with van der Waals surface area (Å²) in [5.74, 6) is 2.83. The number of aryl methyl sites for hydroxylation is 1. The molecule has 0 saturated carbocycles. The van der Waals surface area contributed by atoms with E-state index >= 15 is 0 Å². The first kappa shape index (κ1) is 14.8. The van der Waals surface area contributed by atoms with Crippen LogP contribution in [0.5, 0.6) is 5.75 Å². The van der Waals surface area contributed by atoms with E-state index < -0.39 is 0 Å². The van der Waals surface area contributed by atoms with E-state index in [1.807, 2.05) is 6.20 Å². The molecule has 2 aromatic rings. The molecule has 0 aliphatic carbocycles. The fourth-order valence-electron chi connectivity index (χ4n) is 3.86. The van der Waals surface area contributed by atoms with Crippen LogP contribution < -0.4 is 10.1 Å². The average molecular weight is 311 g/mol. The minimum Gasteiger partial charge on any atom is -0.487 e. The molecule has 0 amide bonds. The van der Waals surface area contributed by atoms with Crippen LogP contribution in [-0.4, -0.2) is 21.7 Å². The smallest absolute Gasteiger partial charge is 0.123 e. The highest BCUT2D eigenvalue weighted by molar-refractivity contribution is 5.41. The van der Waals surface area contributed by atoms with Crippen LogP contribution in [0.2, 0.25) is 0 Å². The quantitative estimate of drug-likeness (QED) is 0.942. The summed E-state index contributed by atoms with van der Waals surface area (Å²) in [5.41, 5.74) is 2.61. The van der Waals surface area contributed by atoms with Crippen molar-refractivity contribution in [1.29, 1.82) is 0 Å². The Morgan fingerprint density at radius 2 is 2.30 bits per heavy atom. The lowest BCUT2D eigenvalue weighted by molar-refractivity contribution is 0.138. The lowest BCUT2D eigenvalue weighted by Crippen LogP contribution is -2.26. The number of benzene rings is 1. The summed E-state index contributed by atoms with van der Waals surface area (Å²) in [6.07, 6.45) is 7.51. The summed E-state index contributed by atoms with van der Waals surface area (Å²) in [5, 5.41) is 3.62. The average Bonchev–Trinajstić information content (AvgIpc) is 3.09. The standard InChI is InChI=1S/C19H25N3O/c1-19(2)11-16-10-14(5-6-17(16)23-19)12-20-13-15-4-3-8-22-9-7-21-18(15)22/h5-7,9-10,15,20H,3-4,8,11-13H2,1-2H3/t15-/m0/s1. The maximum absolute atomic E-state index is 5.95. The number of ether oxygens (including phenoxy) is 1. The number of hydrogen-bond acceptors (Lipinski definition) is 3. The van der Waals surface area contributed by atoms with Gasteiger partial charge in [-0.1, -0.05) is 12.1 Å². The predicted octanol–water partition coefficient (Wildman–Crippen LogP) is 3.26. The molecule has 23 heavy (non-hydrogen) atoms. The van der Waals surface area contributed by atoms with Gasteiger partial charge in [0.2, 0.25) is 0 Å². The molecule has 0 saturated heterocycles. The van der Waals surface area contributed by atoms with Crippen molar-refractivity contribution >= 4 is 0 Å². The molecule has 0 unspecified atom stereocenters. The third-order valence-electron chi connectivity index (χ3n) is 4.91. The van der Waals surface area contributed by atoms with Crippen LogP contribution in [0.1, 0.15) is 49.6 Å². The molecule has 2 aliphatic heterocycles. The largest absolute Gasteiger partial charge is 0.487 e. The SMILES string of the molecule is CC1(C)Cc2cc(CNC[C@@H]3CCCn4ccnc43)ccc2O1. The van der Waals surface area contributed by atoms with E-state index in [0.717, 1.165) is 31.8 Å². The Morgan fingerprint density at radius 3 is 3.22 bits per heavy atom. The van der Waals surface area contributed by atoms with Crippen LogP contribution in [0.4, 0.5) is 0 Å². The Bertz CT molecular complexity index is 704. The number of aromatic nitrogens is 2. The van der Waals surface area contributed by atoms with Gasteiger partial charge in [0.1, 0.15) is 17.2 Å². The number of hydrogen-bond donors (Lipinski definition) is 1. The minimum atomic E-state index is -0.0619. The summed E-state index contributed by atoms with van der Waals surface area (Å²) in [6, 6.07) is 6.59. The molecule has 1 aromatic carbocycles. The molecule has 1 N–H and O–H groups in total. The Morgan fingerprint density at radius 1 is 1.39 bits per heavy atom. The topological polar surface area (TPSA) is 39.1 Å². The molecular weight excluding hydrogens is 286 g/mol. The Labute approximate surface area is 137 Å². The zero-order valence-corrected chi connectivity index (χ0v) is 14.0. The summed E-state index contributed by atoms with van der Waals surface area (Å²) >= 11 is 0. The molecule has 1 atom stereocenters. The van der Waals surface area contributed by atoms with E-state index in [-0.39, 0.29) is 5.60 Å². The van der Waals surface area contributed by atoms with Crippen molar-refractivity contribution in [1.82, 2.24) is 14.9 Å². The first-order chi connectivity index (χ1) is 11.1. The van der Waals surface area contributed by atoms with Gasteiger partial charge in [-0.25, -0.2) is 4.98 Å². The second-order valence-corrected chi connectivity index (χ2v) is 7.43. The highest BCUT2D eigenvalue weighted by Crippen LogP contribution is 2.35. The van der Waals surface area contributed by atoms with Crippen LogP contribution >= 0.6 is 0 Å². The molecule has 0 bridgehead atoms. The first-order valence-corrected chi connectivity index (χ1v) is 8.63. The van der Waals surface area contributed by atoms with E-state index in [1.165, 1.54) is 29.8 Å². The van der Waals surface area contributed by atoms with Crippen LogP contribution in [0.3, 0.4) is 0 Å². The van der Waals surface area contributed by atoms with Gasteiger partial charge in [-0.15, -0.1) is 0 Å². The predicted molar refractivity (Wildman–Crippen MR) is 90.8 cm³/mol. The van der Waals surface area contributed by atoms with Crippen molar-refractivity contribution in [3.05, 3.63) is 47.5 Å². The molecule has 4 rings (SSSR count). The molecule has 1 aromatic heterocycles. The van der Waals surface area contributed by atoms with Crippen LogP contribution in [0.15, 0.2) is 30.6 Å². The van der Waals surface area contributed by atoms with Crippen molar-refractivity contribution in [3.8, 4) is 5.75 Å². The molecular formula is C19H25N3O. The van der Waals surface area contributed by atoms with E-state index in [2.05, 4.69) is 53.1 Å². The number of nitrogens with one attached hydrogen (secondary N) is 1. The van der Waals surface area contributed by atoms with E-state index in [4.69, 9.17) is 4.74 Å². The number of rotatable bonds is 4. The summed E-state index contributed by atoms with van der Waals surface area (Å²) in [7, 11) is 0. The van der Waals surface area contributed by atoms with Crippen LogP contribution in [0.25, 0.3) is 0 Å². The highest BCUT2D eigenvalue weighted by atomic mass is 16.5. The van der Waals surface area contributed by atoms with Gasteiger partial charge >= 0.3 is 0 Å². The molecule has 4 heteroatoms. The lowest BCUT2D eigenvalue weighted by Gasteiger charge is -2.23. The monoisotopic (exact) mass is 311 g/mol. The molecule has 122 valence electrons. The van der Waals surface area contributed by atoms with Gasteiger partial charge in [0.05, 0.1) is 0 Å². The molecule has 3 heterocycles. The van der Waals surface area contributed by atoms with Crippen LogP contribution in [-0.2, 0) is 19.5 Å². The molecule has 0 spiro atoms. The maximum atomic E-state index is 5.95. The fraction of sp³-hybridized carbons (Fsp3) is 0.526. The van der Waals surface area contributed by atoms with Crippen LogP contribution in [0, 0.1) is 0 Å². The summed E-state index contributed by atoms with van der Waals surface area (Å²) in [4.78, 5) is 4.53. The minimum absolute atomic E-state index is 0.0619. The van der Waals surface area contributed by atoms with Gasteiger partial charge in [-0.3, -0.25) is 0 Å². The van der Waals surface area contributed by atoms with Gasteiger partial charge < -0.3 is 14.6 Å². The van der Waals surface area contributed by atoms with Gasteiger partial charge in [0, 0.05) is 44.4 Å². The number of imidazole rings is 1. The first-order valence-electron chi connectivity index (χ1n) is 8.63. The zero-order valence-electron chi connectivity index (χ0n) is 14.0. The Kier molecular flexibility index (Phi) is 3.64. The third-order valence-corrected chi connectivity index (χ3v) is 4.91.